The Bertz CT molecular complexity index is 2820. The van der Waals surface area contributed by atoms with Gasteiger partial charge in [-0.25, -0.2) is 0 Å². The largest absolute Gasteiger partial charge is 0.497 e. The van der Waals surface area contributed by atoms with E-state index < -0.39 is 0 Å². The van der Waals surface area contributed by atoms with Gasteiger partial charge < -0.3 is 4.74 Å². The van der Waals surface area contributed by atoms with Gasteiger partial charge in [0.2, 0.25) is 0 Å². The van der Waals surface area contributed by atoms with Gasteiger partial charge in [0.25, 0.3) is 0 Å². The Kier molecular flexibility index (Phi) is 9.02. The van der Waals surface area contributed by atoms with Gasteiger partial charge in [-0.15, -0.1) is 0 Å². The predicted octanol–water partition coefficient (Wildman–Crippen LogP) is 14.9. The number of hydrogen-bond donors (Lipinski definition) is 0. The fraction of sp³-hybridized carbons (Fsp3) is 0.115. The van der Waals surface area contributed by atoms with Crippen LogP contribution >= 0.6 is 0 Å². The first-order valence-electron chi connectivity index (χ1n) is 18.7. The third-order valence-corrected chi connectivity index (χ3v) is 10.7. The van der Waals surface area contributed by atoms with E-state index in [9.17, 15) is 0 Å². The Labute approximate surface area is 313 Å². The lowest BCUT2D eigenvalue weighted by Gasteiger charge is -2.20. The van der Waals surface area contributed by atoms with Crippen LogP contribution in [0.15, 0.2) is 158 Å². The Morgan fingerprint density at radius 2 is 0.906 bits per heavy atom. The van der Waals surface area contributed by atoms with E-state index in [1.807, 2.05) is 19.9 Å². The normalized spacial score (nSPS) is 11.2. The van der Waals surface area contributed by atoms with Crippen LogP contribution in [-0.2, 0) is 0 Å². The highest BCUT2D eigenvalue weighted by molar-refractivity contribution is 6.22. The molecule has 1 heteroatoms. The molecule has 0 amide bonds. The van der Waals surface area contributed by atoms with Crippen molar-refractivity contribution < 1.29 is 4.74 Å². The molecule has 0 atom stereocenters. The van der Waals surface area contributed by atoms with Crippen LogP contribution in [0.5, 0.6) is 5.75 Å². The van der Waals surface area contributed by atoms with Gasteiger partial charge >= 0.3 is 0 Å². The summed E-state index contributed by atoms with van der Waals surface area (Å²) in [5.74, 6) is 0.871. The summed E-state index contributed by atoms with van der Waals surface area (Å²) in [6, 6.07) is 58.3. The molecule has 0 saturated heterocycles. The Morgan fingerprint density at radius 1 is 0.377 bits per heavy atom. The number of rotatable bonds is 5. The van der Waals surface area contributed by atoms with Crippen molar-refractivity contribution in [2.75, 3.05) is 7.11 Å². The number of ether oxygens (including phenoxy) is 1. The average Bonchev–Trinajstić information content (AvgIpc) is 3.20. The number of hydrogen-bond acceptors (Lipinski definition) is 1. The van der Waals surface area contributed by atoms with Crippen LogP contribution < -0.4 is 4.74 Å². The molecule has 53 heavy (non-hydrogen) atoms. The fourth-order valence-corrected chi connectivity index (χ4v) is 8.11. The van der Waals surface area contributed by atoms with Gasteiger partial charge in [-0.05, 0) is 150 Å². The lowest BCUT2D eigenvalue weighted by molar-refractivity contribution is 0.415. The zero-order valence-electron chi connectivity index (χ0n) is 31.4. The minimum absolute atomic E-state index is 0.871. The molecule has 0 aromatic heterocycles. The third-order valence-electron chi connectivity index (χ3n) is 10.7. The van der Waals surface area contributed by atoms with E-state index in [4.69, 9.17) is 4.74 Å². The molecule has 9 aromatic rings. The minimum atomic E-state index is 0.871. The highest BCUT2D eigenvalue weighted by Gasteiger charge is 2.19. The van der Waals surface area contributed by atoms with E-state index in [-0.39, 0.29) is 0 Å². The molecule has 0 heterocycles. The average molecular weight is 685 g/mol. The minimum Gasteiger partial charge on any atom is -0.497 e. The van der Waals surface area contributed by atoms with Crippen LogP contribution in [0.25, 0.3) is 87.6 Å². The molecule has 1 nitrogen and oxygen atoms in total. The maximum atomic E-state index is 5.53. The van der Waals surface area contributed by atoms with Gasteiger partial charge in [-0.2, -0.15) is 0 Å². The second-order valence-corrected chi connectivity index (χ2v) is 13.8. The first-order valence-corrected chi connectivity index (χ1v) is 18.7. The fourth-order valence-electron chi connectivity index (χ4n) is 8.11. The Hall–Kier alpha value is -6.18. The summed E-state index contributed by atoms with van der Waals surface area (Å²) in [6.45, 7) is 10.6. The van der Waals surface area contributed by atoms with Crippen molar-refractivity contribution in [3.8, 4) is 50.3 Å². The van der Waals surface area contributed by atoms with E-state index >= 15 is 0 Å². The monoisotopic (exact) mass is 684 g/mol. The summed E-state index contributed by atoms with van der Waals surface area (Å²) in [4.78, 5) is 0. The molecule has 0 unspecified atom stereocenters. The predicted molar refractivity (Wildman–Crippen MR) is 230 cm³/mol. The van der Waals surface area contributed by atoms with Crippen molar-refractivity contribution in [2.24, 2.45) is 0 Å². The molecule has 0 saturated carbocycles. The van der Waals surface area contributed by atoms with Crippen LogP contribution in [0.3, 0.4) is 0 Å². The molecule has 9 rings (SSSR count). The molecule has 0 aliphatic carbocycles. The molecule has 0 fully saturated rings. The second-order valence-electron chi connectivity index (χ2n) is 13.8. The quantitative estimate of drug-likeness (QED) is 0.164. The standard InChI is InChI=1S/C50H38O.C2H6/c1-31-16-17-35-27-40(20-18-34(35)26-31)50-46-13-8-7-12-45(46)49(39-21-19-37-29-41(51-4)24-22-36(37)28-39)47-25-23-38(30-48(47)50)43-14-9-15-44(33(43)3)42-11-6-5-10-32(42)2;1-2/h5-30H,1-4H3;1-2H3. The molecular formula is C52H44O. The van der Waals surface area contributed by atoms with E-state index in [0.717, 1.165) is 5.75 Å². The zero-order chi connectivity index (χ0) is 36.6. The molecule has 0 N–H and O–H groups in total. The molecule has 0 radical (unpaired) electrons. The summed E-state index contributed by atoms with van der Waals surface area (Å²) in [6.07, 6.45) is 0. The number of methoxy groups -OCH3 is 1. The molecule has 0 bridgehead atoms. The molecular weight excluding hydrogens is 641 g/mol. The third kappa shape index (κ3) is 6.03. The number of benzene rings is 9. The van der Waals surface area contributed by atoms with Crippen molar-refractivity contribution in [2.45, 2.75) is 34.6 Å². The maximum absolute atomic E-state index is 5.53. The topological polar surface area (TPSA) is 9.23 Å². The van der Waals surface area contributed by atoms with E-state index in [2.05, 4.69) is 172 Å². The first-order chi connectivity index (χ1) is 26.0. The van der Waals surface area contributed by atoms with Gasteiger partial charge in [-0.3, -0.25) is 0 Å². The van der Waals surface area contributed by atoms with E-state index in [0.29, 0.717) is 0 Å². The number of fused-ring (bicyclic) bond motifs is 4. The second kappa shape index (κ2) is 14.1. The van der Waals surface area contributed by atoms with E-state index in [1.54, 1.807) is 7.11 Å². The SMILES string of the molecule is CC.COc1ccc2cc(-c3c4ccccc4c(-c4ccc5cc(C)ccc5c4)c4cc(-c5cccc(-c6ccccc6C)c5C)ccc34)ccc2c1. The lowest BCUT2D eigenvalue weighted by atomic mass is 9.83. The molecule has 0 aliphatic rings. The van der Waals surface area contributed by atoms with Crippen LogP contribution in [0.2, 0.25) is 0 Å². The van der Waals surface area contributed by atoms with Crippen LogP contribution in [0, 0.1) is 20.8 Å². The summed E-state index contributed by atoms with van der Waals surface area (Å²) in [7, 11) is 1.72. The van der Waals surface area contributed by atoms with Crippen LogP contribution in [0.1, 0.15) is 30.5 Å². The maximum Gasteiger partial charge on any atom is 0.119 e. The number of aryl methyl sites for hydroxylation is 2. The molecule has 0 aliphatic heterocycles. The van der Waals surface area contributed by atoms with Gasteiger partial charge in [0.15, 0.2) is 0 Å². The van der Waals surface area contributed by atoms with Crippen molar-refractivity contribution in [3.05, 3.63) is 174 Å². The highest BCUT2D eigenvalue weighted by Crippen LogP contribution is 2.46. The van der Waals surface area contributed by atoms with Crippen molar-refractivity contribution in [1.82, 2.24) is 0 Å². The summed E-state index contributed by atoms with van der Waals surface area (Å²) in [5, 5.41) is 9.88. The van der Waals surface area contributed by atoms with Gasteiger partial charge in [0, 0.05) is 0 Å². The Morgan fingerprint density at radius 3 is 1.60 bits per heavy atom. The Balaban J connectivity index is 0.00000197. The van der Waals surface area contributed by atoms with Gasteiger partial charge in [0.05, 0.1) is 7.11 Å². The van der Waals surface area contributed by atoms with Crippen molar-refractivity contribution >= 4 is 43.1 Å². The highest BCUT2D eigenvalue weighted by atomic mass is 16.5. The zero-order valence-corrected chi connectivity index (χ0v) is 31.4. The molecule has 0 spiro atoms. The van der Waals surface area contributed by atoms with Gasteiger partial charge in [0.1, 0.15) is 5.75 Å². The smallest absolute Gasteiger partial charge is 0.119 e. The first kappa shape index (κ1) is 33.9. The van der Waals surface area contributed by atoms with Gasteiger partial charge in [-0.1, -0.05) is 147 Å². The van der Waals surface area contributed by atoms with Crippen LogP contribution in [0.4, 0.5) is 0 Å². The molecule has 9 aromatic carbocycles. The van der Waals surface area contributed by atoms with E-state index in [1.165, 1.54) is 104 Å². The summed E-state index contributed by atoms with van der Waals surface area (Å²) >= 11 is 0. The van der Waals surface area contributed by atoms with Crippen molar-refractivity contribution in [1.29, 1.82) is 0 Å². The summed E-state index contributed by atoms with van der Waals surface area (Å²) in [5.41, 5.74) is 13.9. The van der Waals surface area contributed by atoms with Crippen LogP contribution in [-0.4, -0.2) is 7.11 Å². The molecule has 258 valence electrons. The lowest BCUT2D eigenvalue weighted by Crippen LogP contribution is -1.94. The van der Waals surface area contributed by atoms with Crippen molar-refractivity contribution in [3.63, 3.8) is 0 Å². The summed E-state index contributed by atoms with van der Waals surface area (Å²) < 4.78 is 5.53.